The number of benzene rings is 4. The van der Waals surface area contributed by atoms with Gasteiger partial charge in [-0.05, 0) is 89.2 Å². The van der Waals surface area contributed by atoms with Crippen LogP contribution in [0.1, 0.15) is 83.0 Å². The van der Waals surface area contributed by atoms with E-state index in [-0.39, 0.29) is 40.1 Å². The number of nitrogens with zero attached hydrogens (tertiary/aromatic N) is 8. The second kappa shape index (κ2) is 23.3. The molecule has 0 aliphatic heterocycles. The fourth-order valence-corrected chi connectivity index (χ4v) is 10.8. The molecule has 4 aromatic carbocycles. The summed E-state index contributed by atoms with van der Waals surface area (Å²) in [5.41, 5.74) is 47.3. The van der Waals surface area contributed by atoms with Gasteiger partial charge in [0, 0.05) is 93.8 Å². The van der Waals surface area contributed by atoms with E-state index in [2.05, 4.69) is 48.1 Å². The minimum atomic E-state index is -0.619. The smallest absolute Gasteiger partial charge is 0.252 e. The monoisotopic (exact) mass is 1150 g/mol. The summed E-state index contributed by atoms with van der Waals surface area (Å²) in [6, 6.07) is 36.4. The van der Waals surface area contributed by atoms with Crippen molar-refractivity contribution >= 4 is 152 Å². The number of nitrogens with one attached hydrogen (secondary N) is 2. The molecule has 0 saturated carbocycles. The molecule has 0 aliphatic rings. The van der Waals surface area contributed by atoms with Crippen molar-refractivity contribution in [3.05, 3.63) is 143 Å². The average Bonchev–Trinajstić information content (AvgIpc) is 1.80. The van der Waals surface area contributed by atoms with Gasteiger partial charge in [0.1, 0.15) is 45.9 Å². The summed E-state index contributed by atoms with van der Waals surface area (Å²) in [6.07, 6.45) is 0. The van der Waals surface area contributed by atoms with Crippen molar-refractivity contribution in [3.63, 3.8) is 0 Å². The third-order valence-corrected chi connectivity index (χ3v) is 14.4. The number of hydrogen-bond acceptors (Lipinski definition) is 13. The Labute approximate surface area is 485 Å². The highest BCUT2D eigenvalue weighted by Crippen LogP contribution is 2.35. The number of amides is 5. The van der Waals surface area contributed by atoms with E-state index in [0.29, 0.717) is 28.6 Å². The van der Waals surface area contributed by atoms with Crippen LogP contribution in [0.5, 0.6) is 0 Å². The molecule has 0 saturated heterocycles. The maximum absolute atomic E-state index is 11.7. The van der Waals surface area contributed by atoms with E-state index < -0.39 is 29.2 Å². The highest BCUT2D eigenvalue weighted by Gasteiger charge is 2.23. The Morgan fingerprint density at radius 1 is 0.476 bits per heavy atom. The predicted octanol–water partition coefficient (Wildman–Crippen LogP) is 8.77. The fraction of sp³-hybridized carbons (Fsp3) is 0.197. The number of fused-ring (bicyclic) bond motifs is 12. The first-order valence-corrected chi connectivity index (χ1v) is 27.2. The van der Waals surface area contributed by atoms with Gasteiger partial charge in [-0.1, -0.05) is 72.3 Å². The molecule has 8 aromatic heterocycles. The summed E-state index contributed by atoms with van der Waals surface area (Å²) in [7, 11) is 1.74. The van der Waals surface area contributed by atoms with Crippen LogP contribution >= 0.6 is 11.6 Å². The Bertz CT molecular complexity index is 4640. The zero-order valence-electron chi connectivity index (χ0n) is 47.3. The molecule has 0 atom stereocenters. The van der Waals surface area contributed by atoms with Gasteiger partial charge >= 0.3 is 0 Å². The van der Waals surface area contributed by atoms with E-state index in [1.54, 1.807) is 25.2 Å². The lowest BCUT2D eigenvalue weighted by atomic mass is 10.1. The van der Waals surface area contributed by atoms with E-state index >= 15 is 0 Å². The van der Waals surface area contributed by atoms with Gasteiger partial charge in [0.05, 0.1) is 44.3 Å². The first-order valence-electron chi connectivity index (χ1n) is 26.8. The predicted molar refractivity (Wildman–Crippen MR) is 336 cm³/mol. The number of carbonyl (C=O) groups excluding carboxylic acids is 5. The number of nitrogens with two attached hydrogens (primary N) is 7. The Hall–Kier alpha value is -10.3. The van der Waals surface area contributed by atoms with Crippen molar-refractivity contribution in [2.75, 3.05) is 29.1 Å². The quantitative estimate of drug-likeness (QED) is 0.0585. The van der Waals surface area contributed by atoms with E-state index in [4.69, 9.17) is 51.7 Å². The number of halogens is 1. The second-order valence-corrected chi connectivity index (χ2v) is 20.9. The minimum absolute atomic E-state index is 0.138. The van der Waals surface area contributed by atoms with Gasteiger partial charge < -0.3 is 69.0 Å². The summed E-state index contributed by atoms with van der Waals surface area (Å²) in [5, 5.41) is 13.7. The number of aromatic nitrogens is 8. The molecule has 0 fully saturated rings. The number of rotatable bonds is 11. The van der Waals surface area contributed by atoms with Crippen LogP contribution in [-0.2, 0) is 31.0 Å². The van der Waals surface area contributed by atoms with Gasteiger partial charge in [0.2, 0.25) is 5.91 Å². The summed E-state index contributed by atoms with van der Waals surface area (Å²) >= 11 is 6.06. The van der Waals surface area contributed by atoms with Crippen LogP contribution < -0.4 is 50.8 Å². The molecule has 12 rings (SSSR count). The fourth-order valence-electron chi connectivity index (χ4n) is 10.6. The first-order chi connectivity index (χ1) is 40.0. The summed E-state index contributed by atoms with van der Waals surface area (Å²) in [6.45, 7) is 14.2. The lowest BCUT2D eigenvalue weighted by molar-refractivity contribution is -0.114. The third-order valence-electron chi connectivity index (χ3n) is 14.2. The van der Waals surface area contributed by atoms with E-state index in [0.717, 1.165) is 102 Å². The number of anilines is 4. The van der Waals surface area contributed by atoms with Gasteiger partial charge in [0.25, 0.3) is 23.6 Å². The van der Waals surface area contributed by atoms with Crippen molar-refractivity contribution in [2.24, 2.45) is 28.7 Å². The maximum atomic E-state index is 11.7. The maximum Gasteiger partial charge on any atom is 0.252 e. The van der Waals surface area contributed by atoms with Crippen molar-refractivity contribution in [1.29, 1.82) is 0 Å². The first kappa shape index (κ1) is 58.3. The summed E-state index contributed by atoms with van der Waals surface area (Å²) in [4.78, 5) is 75.3. The molecule has 8 heterocycles. The Morgan fingerprint density at radius 3 is 1.21 bits per heavy atom. The zero-order valence-corrected chi connectivity index (χ0v) is 48.1. The molecule has 16 N–H and O–H groups in total. The number of nitrogen functional groups attached to an aromatic ring is 2. The van der Waals surface area contributed by atoms with Gasteiger partial charge in [-0.2, -0.15) is 0 Å². The van der Waals surface area contributed by atoms with Crippen LogP contribution in [-0.4, -0.2) is 80.3 Å². The Balaban J connectivity index is 0.000000134. The molecule has 5 amide bonds. The number of pyridine rings is 4. The van der Waals surface area contributed by atoms with Gasteiger partial charge in [-0.15, -0.1) is 0 Å². The van der Waals surface area contributed by atoms with Crippen LogP contribution in [0.25, 0.3) is 87.7 Å². The van der Waals surface area contributed by atoms with Gasteiger partial charge in [-0.25, -0.2) is 19.9 Å². The standard InChI is InChI=1S/C16H19N5O.C16H16N4O2.C15H16N4O.C14H13ClN4O/c1-16(2,19)8-21-12-6-4-3-5-9(12)10-7-11(14(18)22)13(17)20-15(10)21;1-3-20-13-7-5-4-6-10(13)11-8-12(14(17)22)15(18-9(2)21)19-16(11)20;1-3-19-12-7-5-4-6-9(12)10-8-11(13(16)20)14(17-2)18-15(10)19;1-2-19-11-5-7(15)3-4-8(11)9-6-10(13(17)20)12(16)18-14(9)19/h3-7H,8,19H2,1-2H3,(H2,17,20)(H2,18,22);4-8H,3H2,1-2H3,(H2,17,22)(H,18,19,21);4-8H,3H2,1-2H3,(H2,16,20)(H,17,18);3-6H,2H2,1H3,(H2,16,18)(H2,17,20). The van der Waals surface area contributed by atoms with Gasteiger partial charge in [0.15, 0.2) is 0 Å². The summed E-state index contributed by atoms with van der Waals surface area (Å²) < 4.78 is 8.22. The van der Waals surface area contributed by atoms with Crippen molar-refractivity contribution in [1.82, 2.24) is 38.2 Å². The van der Waals surface area contributed by atoms with Gasteiger partial charge in [-0.3, -0.25) is 24.0 Å². The number of hydrogen-bond donors (Lipinski definition) is 9. The van der Waals surface area contributed by atoms with Crippen LogP contribution in [0.15, 0.2) is 115 Å². The molecule has 12 aromatic rings. The SMILES string of the molecule is CC(C)(N)Cn1c2ccccc2c2cc(C(N)=O)c(N)nc21.CCn1c2cc(Cl)ccc2c2cc(C(N)=O)c(N)nc21.CCn1c2ccccc2c2cc(C(N)=O)c(NC(C)=O)nc21.CCn1c2ccccc2c2cc(C(N)=O)c(NC)nc21. The van der Waals surface area contributed by atoms with Crippen LogP contribution in [0.3, 0.4) is 0 Å². The number of primary amides is 4. The molecule has 430 valence electrons. The number of carbonyl (C=O) groups is 5. The van der Waals surface area contributed by atoms with Crippen LogP contribution in [0.2, 0.25) is 5.02 Å². The van der Waals surface area contributed by atoms with E-state index in [1.165, 1.54) is 6.92 Å². The molecule has 0 unspecified atom stereocenters. The molecule has 84 heavy (non-hydrogen) atoms. The van der Waals surface area contributed by atoms with Crippen molar-refractivity contribution in [3.8, 4) is 0 Å². The minimum Gasteiger partial charge on any atom is -0.383 e. The van der Waals surface area contributed by atoms with Crippen LogP contribution in [0, 0.1) is 0 Å². The topological polar surface area (TPSA) is 363 Å². The van der Waals surface area contributed by atoms with Crippen molar-refractivity contribution in [2.45, 2.75) is 73.3 Å². The molecule has 0 bridgehead atoms. The normalized spacial score (nSPS) is 11.4. The summed E-state index contributed by atoms with van der Waals surface area (Å²) in [5.74, 6) is -1.55. The molecule has 22 nitrogen and oxygen atoms in total. The highest BCUT2D eigenvalue weighted by atomic mass is 35.5. The molecule has 0 radical (unpaired) electrons. The molecule has 23 heteroatoms. The largest absolute Gasteiger partial charge is 0.383 e. The molecule has 0 aliphatic carbocycles. The molecule has 0 spiro atoms. The lowest BCUT2D eigenvalue weighted by Gasteiger charge is -2.20. The number of aryl methyl sites for hydroxylation is 3. The highest BCUT2D eigenvalue weighted by molar-refractivity contribution is 6.31. The lowest BCUT2D eigenvalue weighted by Crippen LogP contribution is -2.37. The van der Waals surface area contributed by atoms with E-state index in [9.17, 15) is 24.0 Å². The average molecular weight is 1150 g/mol. The van der Waals surface area contributed by atoms with Crippen LogP contribution in [0.4, 0.5) is 23.3 Å². The van der Waals surface area contributed by atoms with E-state index in [1.807, 2.05) is 132 Å². The Kier molecular flexibility index (Phi) is 16.2. The van der Waals surface area contributed by atoms with Crippen molar-refractivity contribution < 1.29 is 24.0 Å². The number of para-hydroxylation sites is 3. The zero-order chi connectivity index (χ0) is 60.6. The second-order valence-electron chi connectivity index (χ2n) is 20.5. The Morgan fingerprint density at radius 2 is 0.821 bits per heavy atom. The molecular formula is C61H64ClN17O5. The third kappa shape index (κ3) is 11.0. The molecular weight excluding hydrogens is 1090 g/mol.